The van der Waals surface area contributed by atoms with Crippen LogP contribution in [0.3, 0.4) is 0 Å². The van der Waals surface area contributed by atoms with Crippen LogP contribution >= 0.6 is 0 Å². The van der Waals surface area contributed by atoms with Crippen molar-refractivity contribution in [3.8, 4) is 5.75 Å². The first-order chi connectivity index (χ1) is 11.1. The number of carboxylic acid groups (broad SMARTS) is 1. The Morgan fingerprint density at radius 2 is 1.96 bits per heavy atom. The number of ether oxygens (including phenoxy) is 1. The predicted octanol–water partition coefficient (Wildman–Crippen LogP) is 2.51. The minimum atomic E-state index is -0.878. The van der Waals surface area contributed by atoms with E-state index >= 15 is 0 Å². The van der Waals surface area contributed by atoms with Crippen LogP contribution in [-0.4, -0.2) is 52.3 Å². The fourth-order valence-electron chi connectivity index (χ4n) is 3.16. The van der Waals surface area contributed by atoms with Gasteiger partial charge in [0.15, 0.2) is 0 Å². The molecule has 0 radical (unpaired) electrons. The number of hydrogen-bond acceptors (Lipinski definition) is 3. The average Bonchev–Trinajstić information content (AvgIpc) is 2.55. The van der Waals surface area contributed by atoms with E-state index in [1.54, 1.807) is 18.2 Å². The molecule has 5 heteroatoms. The van der Waals surface area contributed by atoms with Crippen molar-refractivity contribution in [1.29, 1.82) is 0 Å². The summed E-state index contributed by atoms with van der Waals surface area (Å²) in [6, 6.07) is 15.3. The molecule has 1 aliphatic rings. The number of benzene rings is 2. The summed E-state index contributed by atoms with van der Waals surface area (Å²) < 4.78 is 5.82. The molecule has 122 valence electrons. The van der Waals surface area contributed by atoms with Crippen molar-refractivity contribution in [2.75, 3.05) is 6.61 Å². The second-order valence-electron chi connectivity index (χ2n) is 6.06. The van der Waals surface area contributed by atoms with E-state index in [1.807, 2.05) is 18.2 Å². The van der Waals surface area contributed by atoms with Crippen LogP contribution in [0, 0.1) is 5.92 Å². The van der Waals surface area contributed by atoms with Gasteiger partial charge in [-0.25, -0.2) is 0 Å². The topological polar surface area (TPSA) is 66.8 Å². The predicted molar refractivity (Wildman–Crippen MR) is 93.7 cm³/mol. The minimum absolute atomic E-state index is 0. The van der Waals surface area contributed by atoms with Crippen molar-refractivity contribution in [2.24, 2.45) is 5.92 Å². The van der Waals surface area contributed by atoms with Crippen LogP contribution in [0.25, 0.3) is 0 Å². The van der Waals surface area contributed by atoms with Crippen molar-refractivity contribution in [3.05, 3.63) is 65.2 Å². The van der Waals surface area contributed by atoms with Crippen LogP contribution in [0.1, 0.15) is 35.6 Å². The third-order valence-electron chi connectivity index (χ3n) is 4.56. The molecular formula is C19H21NaO4. The van der Waals surface area contributed by atoms with Gasteiger partial charge in [0.2, 0.25) is 0 Å². The fourth-order valence-corrected chi connectivity index (χ4v) is 3.16. The summed E-state index contributed by atoms with van der Waals surface area (Å²) in [6.07, 6.45) is -0.663. The van der Waals surface area contributed by atoms with Gasteiger partial charge in [0, 0.05) is 11.5 Å². The zero-order valence-electron chi connectivity index (χ0n) is 13.0. The third kappa shape index (κ3) is 4.01. The summed E-state index contributed by atoms with van der Waals surface area (Å²) in [5, 5.41) is 19.6. The summed E-state index contributed by atoms with van der Waals surface area (Å²) in [4.78, 5) is 10.8. The molecule has 1 heterocycles. The Kier molecular flexibility index (Phi) is 6.47. The first-order valence-electron chi connectivity index (χ1n) is 7.76. The van der Waals surface area contributed by atoms with E-state index in [2.05, 4.69) is 19.1 Å². The van der Waals surface area contributed by atoms with Crippen LogP contribution in [0.5, 0.6) is 5.75 Å². The average molecular weight is 336 g/mol. The molecule has 2 aromatic carbocycles. The van der Waals surface area contributed by atoms with E-state index < -0.39 is 12.1 Å². The van der Waals surface area contributed by atoms with Crippen molar-refractivity contribution >= 4 is 35.5 Å². The number of carbonyl (C=O) groups is 1. The van der Waals surface area contributed by atoms with E-state index in [9.17, 15) is 9.90 Å². The summed E-state index contributed by atoms with van der Waals surface area (Å²) in [5.41, 5.74) is 2.59. The SMILES string of the molecule is CC(c1ccccc1)C1COc2cc(CC(=O)O)ccc2C1O.[NaH]. The van der Waals surface area contributed by atoms with Crippen LogP contribution in [0.2, 0.25) is 0 Å². The van der Waals surface area contributed by atoms with E-state index in [0.29, 0.717) is 17.9 Å². The standard InChI is InChI=1S/C19H20O4.Na.H/c1-12(14-5-3-2-4-6-14)16-11-23-17-9-13(10-18(20)21)7-8-15(17)19(16)22;;/h2-9,12,16,19,22H,10-11H2,1H3,(H,20,21);;. The summed E-state index contributed by atoms with van der Waals surface area (Å²) >= 11 is 0. The first kappa shape index (κ1) is 19.0. The molecule has 0 fully saturated rings. The molecular weight excluding hydrogens is 315 g/mol. The van der Waals surface area contributed by atoms with Crippen LogP contribution in [-0.2, 0) is 11.2 Å². The van der Waals surface area contributed by atoms with Gasteiger partial charge in [0.25, 0.3) is 0 Å². The number of rotatable bonds is 4. The Morgan fingerprint density at radius 3 is 2.62 bits per heavy atom. The van der Waals surface area contributed by atoms with Gasteiger partial charge in [-0.2, -0.15) is 0 Å². The van der Waals surface area contributed by atoms with Crippen LogP contribution in [0.4, 0.5) is 0 Å². The van der Waals surface area contributed by atoms with Crippen LogP contribution < -0.4 is 4.74 Å². The monoisotopic (exact) mass is 336 g/mol. The molecule has 3 atom stereocenters. The maximum atomic E-state index is 10.8. The molecule has 1 aliphatic heterocycles. The van der Waals surface area contributed by atoms with Gasteiger partial charge in [-0.05, 0) is 23.1 Å². The van der Waals surface area contributed by atoms with Crippen molar-refractivity contribution in [1.82, 2.24) is 0 Å². The van der Waals surface area contributed by atoms with Gasteiger partial charge in [-0.1, -0.05) is 49.4 Å². The molecule has 2 N–H and O–H groups in total. The number of hydrogen-bond donors (Lipinski definition) is 2. The van der Waals surface area contributed by atoms with Crippen molar-refractivity contribution in [3.63, 3.8) is 0 Å². The van der Waals surface area contributed by atoms with E-state index in [-0.39, 0.29) is 47.8 Å². The summed E-state index contributed by atoms with van der Waals surface area (Å²) in [5.74, 6) is -0.155. The van der Waals surface area contributed by atoms with E-state index in [4.69, 9.17) is 9.84 Å². The molecule has 4 nitrogen and oxygen atoms in total. The number of aliphatic hydroxyl groups is 1. The van der Waals surface area contributed by atoms with Gasteiger partial charge in [0.05, 0.1) is 19.1 Å². The molecule has 0 amide bonds. The quantitative estimate of drug-likeness (QED) is 0.842. The zero-order valence-corrected chi connectivity index (χ0v) is 13.0. The number of fused-ring (bicyclic) bond motifs is 1. The Hall–Kier alpha value is -1.33. The van der Waals surface area contributed by atoms with Gasteiger partial charge in [-0.3, -0.25) is 4.79 Å². The van der Waals surface area contributed by atoms with Gasteiger partial charge >= 0.3 is 35.5 Å². The number of aliphatic hydroxyl groups excluding tert-OH is 1. The zero-order chi connectivity index (χ0) is 16.4. The second kappa shape index (κ2) is 8.17. The van der Waals surface area contributed by atoms with Gasteiger partial charge in [-0.15, -0.1) is 0 Å². The molecule has 0 saturated carbocycles. The van der Waals surface area contributed by atoms with E-state index in [0.717, 1.165) is 5.56 Å². The van der Waals surface area contributed by atoms with Crippen LogP contribution in [0.15, 0.2) is 48.5 Å². The Balaban J connectivity index is 0.00000208. The van der Waals surface area contributed by atoms with Crippen molar-refractivity contribution < 1.29 is 19.7 Å². The molecule has 3 rings (SSSR count). The third-order valence-corrected chi connectivity index (χ3v) is 4.56. The maximum absolute atomic E-state index is 10.8. The Labute approximate surface area is 163 Å². The second-order valence-corrected chi connectivity index (χ2v) is 6.06. The normalized spacial score (nSPS) is 20.2. The van der Waals surface area contributed by atoms with Gasteiger partial charge in [0.1, 0.15) is 5.75 Å². The molecule has 0 spiro atoms. The fraction of sp³-hybridized carbons (Fsp3) is 0.316. The molecule has 0 bridgehead atoms. The molecule has 0 aromatic heterocycles. The Morgan fingerprint density at radius 1 is 1.25 bits per heavy atom. The molecule has 2 aromatic rings. The number of carboxylic acids is 1. The molecule has 3 unspecified atom stereocenters. The van der Waals surface area contributed by atoms with Gasteiger partial charge < -0.3 is 14.9 Å². The van der Waals surface area contributed by atoms with E-state index in [1.165, 1.54) is 5.56 Å². The Bertz CT molecular complexity index is 702. The first-order valence-corrected chi connectivity index (χ1v) is 7.76. The van der Waals surface area contributed by atoms with Crippen molar-refractivity contribution in [2.45, 2.75) is 25.4 Å². The summed E-state index contributed by atoms with van der Waals surface area (Å²) in [7, 11) is 0. The molecule has 24 heavy (non-hydrogen) atoms. The summed E-state index contributed by atoms with van der Waals surface area (Å²) in [6.45, 7) is 2.51. The number of aliphatic carboxylic acids is 1. The molecule has 0 saturated heterocycles. The molecule has 0 aliphatic carbocycles.